The minimum absolute atomic E-state index is 0. The maximum absolute atomic E-state index is 3.16. The molecule has 0 atom stereocenters. The Balaban J connectivity index is 0. The van der Waals surface area contributed by atoms with Crippen LogP contribution in [0.25, 0.3) is 0 Å². The van der Waals surface area contributed by atoms with Gasteiger partial charge >= 0.3 is 0 Å². The zero-order valence-corrected chi connectivity index (χ0v) is 9.35. The lowest BCUT2D eigenvalue weighted by atomic mass is 10.5. The Morgan fingerprint density at radius 2 is 1.70 bits per heavy atom. The average Bonchev–Trinajstić information content (AvgIpc) is 1.63. The van der Waals surface area contributed by atoms with Gasteiger partial charge in [-0.3, -0.25) is 0 Å². The van der Waals surface area contributed by atoms with Gasteiger partial charge in [0.2, 0.25) is 0 Å². The van der Waals surface area contributed by atoms with Crippen LogP contribution in [0.1, 0.15) is 6.42 Å². The molecule has 0 aromatic carbocycles. The summed E-state index contributed by atoms with van der Waals surface area (Å²) in [5.41, 5.74) is 0. The Bertz CT molecular complexity index is 70.5. The second kappa shape index (κ2) is 6.19. The van der Waals surface area contributed by atoms with E-state index < -0.39 is 8.07 Å². The molecular formula is C7H20ClNSi. The third-order valence-corrected chi connectivity index (χ3v) is 3.21. The summed E-state index contributed by atoms with van der Waals surface area (Å²) >= 11 is 0. The van der Waals surface area contributed by atoms with E-state index in [-0.39, 0.29) is 12.4 Å². The summed E-state index contributed by atoms with van der Waals surface area (Å²) in [5, 5.41) is 3.16. The van der Waals surface area contributed by atoms with Gasteiger partial charge in [-0.2, -0.15) is 0 Å². The summed E-state index contributed by atoms with van der Waals surface area (Å²) in [4.78, 5) is 0. The summed E-state index contributed by atoms with van der Waals surface area (Å²) in [6, 6.07) is 1.45. The van der Waals surface area contributed by atoms with E-state index in [1.165, 1.54) is 19.0 Å². The minimum Gasteiger partial charge on any atom is -0.320 e. The van der Waals surface area contributed by atoms with Gasteiger partial charge < -0.3 is 5.32 Å². The number of hydrogen-bond donors (Lipinski definition) is 1. The molecule has 0 radical (unpaired) electrons. The first-order valence-electron chi connectivity index (χ1n) is 3.71. The van der Waals surface area contributed by atoms with Crippen LogP contribution >= 0.6 is 12.4 Å². The van der Waals surface area contributed by atoms with Crippen molar-refractivity contribution in [2.75, 3.05) is 13.6 Å². The average molecular weight is 182 g/mol. The van der Waals surface area contributed by atoms with E-state index in [0.717, 1.165) is 0 Å². The fraction of sp³-hybridized carbons (Fsp3) is 1.00. The molecule has 0 bridgehead atoms. The molecule has 0 saturated heterocycles. The van der Waals surface area contributed by atoms with Gasteiger partial charge in [0, 0.05) is 8.07 Å². The molecule has 0 aliphatic carbocycles. The highest BCUT2D eigenvalue weighted by atomic mass is 35.5. The SMILES string of the molecule is CNCCC[Si](C)(C)C.Cl. The van der Waals surface area contributed by atoms with Gasteiger partial charge in [0.25, 0.3) is 0 Å². The van der Waals surface area contributed by atoms with E-state index in [9.17, 15) is 0 Å². The maximum Gasteiger partial charge on any atom is 0.0443 e. The first-order chi connectivity index (χ1) is 4.06. The molecule has 1 nitrogen and oxygen atoms in total. The molecule has 64 valence electrons. The van der Waals surface area contributed by atoms with Crippen molar-refractivity contribution >= 4 is 20.5 Å². The molecular weight excluding hydrogens is 162 g/mol. The Morgan fingerprint density at radius 3 is 2.00 bits per heavy atom. The second-order valence-corrected chi connectivity index (χ2v) is 9.39. The molecule has 0 aliphatic rings. The van der Waals surface area contributed by atoms with Crippen LogP contribution in [-0.2, 0) is 0 Å². The lowest BCUT2D eigenvalue weighted by molar-refractivity contribution is 0.765. The van der Waals surface area contributed by atoms with Crippen LogP contribution in [0, 0.1) is 0 Å². The quantitative estimate of drug-likeness (QED) is 0.519. The minimum atomic E-state index is -0.734. The van der Waals surface area contributed by atoms with Gasteiger partial charge in [0.1, 0.15) is 0 Å². The monoisotopic (exact) mass is 181 g/mol. The van der Waals surface area contributed by atoms with Crippen molar-refractivity contribution in [1.82, 2.24) is 5.32 Å². The van der Waals surface area contributed by atoms with Gasteiger partial charge in [-0.1, -0.05) is 25.7 Å². The van der Waals surface area contributed by atoms with Crippen molar-refractivity contribution in [3.63, 3.8) is 0 Å². The summed E-state index contributed by atoms with van der Waals surface area (Å²) in [6.45, 7) is 8.44. The van der Waals surface area contributed by atoms with Crippen LogP contribution in [0.5, 0.6) is 0 Å². The van der Waals surface area contributed by atoms with E-state index in [1.54, 1.807) is 0 Å². The molecule has 0 unspecified atom stereocenters. The summed E-state index contributed by atoms with van der Waals surface area (Å²) in [5.74, 6) is 0. The Kier molecular flexibility index (Phi) is 8.11. The number of halogens is 1. The summed E-state index contributed by atoms with van der Waals surface area (Å²) in [7, 11) is 1.28. The molecule has 10 heavy (non-hydrogen) atoms. The number of nitrogens with one attached hydrogen (secondary N) is 1. The van der Waals surface area contributed by atoms with Crippen LogP contribution in [0.2, 0.25) is 25.7 Å². The predicted octanol–water partition coefficient (Wildman–Crippen LogP) is 2.36. The van der Waals surface area contributed by atoms with E-state index in [0.29, 0.717) is 0 Å². The van der Waals surface area contributed by atoms with Crippen LogP contribution in [0.15, 0.2) is 0 Å². The largest absolute Gasteiger partial charge is 0.320 e. The highest BCUT2D eigenvalue weighted by Crippen LogP contribution is 2.09. The van der Waals surface area contributed by atoms with E-state index >= 15 is 0 Å². The van der Waals surface area contributed by atoms with Gasteiger partial charge in [0.15, 0.2) is 0 Å². The van der Waals surface area contributed by atoms with E-state index in [1.807, 2.05) is 7.05 Å². The van der Waals surface area contributed by atoms with Crippen molar-refractivity contribution in [2.45, 2.75) is 32.1 Å². The third kappa shape index (κ3) is 11.3. The first kappa shape index (κ1) is 13.1. The highest BCUT2D eigenvalue weighted by molar-refractivity contribution is 6.76. The molecule has 0 aliphatic heterocycles. The topological polar surface area (TPSA) is 12.0 Å². The zero-order chi connectivity index (χ0) is 7.33. The molecule has 0 saturated carbocycles. The molecule has 3 heteroatoms. The van der Waals surface area contributed by atoms with Crippen LogP contribution in [0.4, 0.5) is 0 Å². The second-order valence-electron chi connectivity index (χ2n) is 3.77. The lowest BCUT2D eigenvalue weighted by Gasteiger charge is -2.14. The van der Waals surface area contributed by atoms with Crippen LogP contribution in [0.3, 0.4) is 0 Å². The fourth-order valence-corrected chi connectivity index (χ4v) is 2.03. The molecule has 0 aromatic heterocycles. The van der Waals surface area contributed by atoms with Crippen molar-refractivity contribution in [1.29, 1.82) is 0 Å². The molecule has 0 aromatic rings. The Hall–Kier alpha value is 0.467. The molecule has 0 heterocycles. The maximum atomic E-state index is 3.16. The third-order valence-electron chi connectivity index (χ3n) is 1.35. The molecule has 1 N–H and O–H groups in total. The smallest absolute Gasteiger partial charge is 0.0443 e. The van der Waals surface area contributed by atoms with Crippen molar-refractivity contribution in [2.24, 2.45) is 0 Å². The summed E-state index contributed by atoms with van der Waals surface area (Å²) < 4.78 is 0. The van der Waals surface area contributed by atoms with Crippen molar-refractivity contribution in [3.8, 4) is 0 Å². The standard InChI is InChI=1S/C7H19NSi.ClH/c1-8-6-5-7-9(2,3)4;/h8H,5-7H2,1-4H3;1H. The zero-order valence-electron chi connectivity index (χ0n) is 7.53. The van der Waals surface area contributed by atoms with Gasteiger partial charge in [-0.05, 0) is 20.0 Å². The van der Waals surface area contributed by atoms with Crippen LogP contribution < -0.4 is 5.32 Å². The molecule has 0 rings (SSSR count). The molecule has 0 spiro atoms. The predicted molar refractivity (Wildman–Crippen MR) is 53.9 cm³/mol. The number of rotatable bonds is 4. The van der Waals surface area contributed by atoms with E-state index in [4.69, 9.17) is 0 Å². The van der Waals surface area contributed by atoms with Gasteiger partial charge in [0.05, 0.1) is 0 Å². The van der Waals surface area contributed by atoms with Crippen molar-refractivity contribution in [3.05, 3.63) is 0 Å². The number of hydrogen-bond acceptors (Lipinski definition) is 1. The fourth-order valence-electron chi connectivity index (χ4n) is 0.795. The molecule has 0 fully saturated rings. The molecule has 0 amide bonds. The first-order valence-corrected chi connectivity index (χ1v) is 7.41. The van der Waals surface area contributed by atoms with Gasteiger partial charge in [-0.25, -0.2) is 0 Å². The van der Waals surface area contributed by atoms with Crippen molar-refractivity contribution < 1.29 is 0 Å². The normalized spacial score (nSPS) is 10.8. The van der Waals surface area contributed by atoms with E-state index in [2.05, 4.69) is 25.0 Å². The Labute approximate surface area is 72.0 Å². The summed E-state index contributed by atoms with van der Waals surface area (Å²) in [6.07, 6.45) is 1.35. The lowest BCUT2D eigenvalue weighted by Crippen LogP contribution is -2.21. The van der Waals surface area contributed by atoms with Crippen LogP contribution in [-0.4, -0.2) is 21.7 Å². The highest BCUT2D eigenvalue weighted by Gasteiger charge is 2.10. The van der Waals surface area contributed by atoms with Gasteiger partial charge in [-0.15, -0.1) is 12.4 Å². The Morgan fingerprint density at radius 1 is 1.20 bits per heavy atom.